The van der Waals surface area contributed by atoms with Crippen molar-refractivity contribution in [3.05, 3.63) is 410 Å². The Kier molecular flexibility index (Phi) is 20.4. The maximum Gasteiger partial charge on any atom is 0.647 e. The number of rotatable bonds is 24. The normalized spacial score (nSPS) is 15.0. The lowest BCUT2D eigenvalue weighted by atomic mass is 9.81. The van der Waals surface area contributed by atoms with Crippen LogP contribution in [0.2, 0.25) is 0 Å². The van der Waals surface area contributed by atoms with E-state index in [1.54, 1.807) is 0 Å². The first-order chi connectivity index (χ1) is 46.2. The van der Waals surface area contributed by atoms with Crippen molar-refractivity contribution in [2.75, 3.05) is 0 Å². The van der Waals surface area contributed by atoms with Crippen molar-refractivity contribution in [1.29, 1.82) is 0 Å². The molecule has 95 heavy (non-hydrogen) atoms. The van der Waals surface area contributed by atoms with Gasteiger partial charge in [-0.1, -0.05) is 372 Å². The third-order valence-corrected chi connectivity index (χ3v) is 21.3. The van der Waals surface area contributed by atoms with Crippen LogP contribution in [0.25, 0.3) is 0 Å². The second-order valence-electron chi connectivity index (χ2n) is 26.0. The Hall–Kier alpha value is -9.73. The van der Waals surface area contributed by atoms with E-state index in [9.17, 15) is 0 Å². The van der Waals surface area contributed by atoms with E-state index in [2.05, 4.69) is 372 Å². The zero-order chi connectivity index (χ0) is 66.0. The third-order valence-electron chi connectivity index (χ3n) is 20.1. The van der Waals surface area contributed by atoms with Gasteiger partial charge in [-0.2, -0.15) is 4.57 Å². The molecule has 0 N–H and O–H groups in total. The molecule has 0 saturated heterocycles. The van der Waals surface area contributed by atoms with Crippen molar-refractivity contribution in [1.82, 2.24) is 0 Å². The smallest absolute Gasteiger partial charge is 0.385 e. The Morgan fingerprint density at radius 1 is 0.189 bits per heavy atom. The van der Waals surface area contributed by atoms with Crippen molar-refractivity contribution in [3.8, 4) is 17.2 Å². The number of phosphoric ester groups is 1. The highest BCUT2D eigenvalue weighted by atomic mass is 31.2. The Bertz CT molecular complexity index is 3830. The van der Waals surface area contributed by atoms with E-state index in [0.29, 0.717) is 17.2 Å². The van der Waals surface area contributed by atoms with Crippen molar-refractivity contribution >= 4 is 7.82 Å². The highest BCUT2D eigenvalue weighted by molar-refractivity contribution is 7.49. The molecular formula is C90H87O4P. The lowest BCUT2D eigenvalue weighted by Gasteiger charge is -2.32. The first-order valence-electron chi connectivity index (χ1n) is 33.9. The van der Waals surface area contributed by atoms with Crippen molar-refractivity contribution in [2.24, 2.45) is 0 Å². The van der Waals surface area contributed by atoms with E-state index >= 15 is 4.57 Å². The number of hydrogen-bond donors (Lipinski definition) is 0. The van der Waals surface area contributed by atoms with Gasteiger partial charge in [0.15, 0.2) is 0 Å². The molecule has 4 nitrogen and oxygen atoms in total. The van der Waals surface area contributed by atoms with E-state index in [4.69, 9.17) is 13.6 Å². The lowest BCUT2D eigenvalue weighted by Crippen LogP contribution is -2.18. The van der Waals surface area contributed by atoms with Gasteiger partial charge in [-0.3, -0.25) is 0 Å². The van der Waals surface area contributed by atoms with Gasteiger partial charge in [-0.25, -0.2) is 0 Å². The van der Waals surface area contributed by atoms with Crippen LogP contribution in [0.1, 0.15) is 216 Å². The topological polar surface area (TPSA) is 44.8 Å². The van der Waals surface area contributed by atoms with E-state index in [0.717, 1.165) is 83.5 Å². The molecule has 0 fully saturated rings. The van der Waals surface area contributed by atoms with Crippen LogP contribution in [0.4, 0.5) is 0 Å². The van der Waals surface area contributed by atoms with Gasteiger partial charge in [0.2, 0.25) is 0 Å². The Morgan fingerprint density at radius 2 is 0.316 bits per heavy atom. The summed E-state index contributed by atoms with van der Waals surface area (Å²) in [6.07, 6.45) is 0. The summed E-state index contributed by atoms with van der Waals surface area (Å²) >= 11 is 0. The Morgan fingerprint density at radius 3 is 0.453 bits per heavy atom. The predicted molar refractivity (Wildman–Crippen MR) is 394 cm³/mol. The van der Waals surface area contributed by atoms with Crippen molar-refractivity contribution < 1.29 is 18.1 Å². The van der Waals surface area contributed by atoms with Crippen LogP contribution in [0.15, 0.2) is 309 Å². The summed E-state index contributed by atoms with van der Waals surface area (Å²) in [5.74, 6) is -0.231. The Labute approximate surface area is 565 Å². The first kappa shape index (κ1) is 65.3. The molecule has 0 aromatic heterocycles. The standard InChI is InChI=1S/C90H87O4P/c1-61(70-37-19-10-20-38-70)79-55-82(64(4)73-43-25-13-26-44-73)88(83(56-79)65(5)74-45-27-14-28-46-74)92-95(91,93-89-84(66(6)75-47-29-15-30-48-75)57-80(62(2)71-39-21-11-22-40-71)58-85(89)67(7)76-49-31-16-32-50-76)94-90-86(68(8)77-51-33-17-34-52-77)59-81(63(3)72-41-23-12-24-42-72)60-87(90)69(9)78-53-35-18-36-54-78/h10-69H,1-9H3. The van der Waals surface area contributed by atoms with E-state index in [1.807, 2.05) is 0 Å². The van der Waals surface area contributed by atoms with Gasteiger partial charge >= 0.3 is 7.82 Å². The first-order valence-corrected chi connectivity index (χ1v) is 35.4. The molecule has 5 heteroatoms. The molecule has 0 heterocycles. The number of benzene rings is 12. The molecule has 476 valence electrons. The van der Waals surface area contributed by atoms with Gasteiger partial charge in [-0.05, 0) is 66.8 Å². The molecule has 0 spiro atoms. The molecule has 0 bridgehead atoms. The molecule has 0 aliphatic carbocycles. The average molecular weight is 1260 g/mol. The summed E-state index contributed by atoms with van der Waals surface area (Å²) in [6, 6.07) is 109. The zero-order valence-electron chi connectivity index (χ0n) is 56.2. The van der Waals surface area contributed by atoms with Crippen LogP contribution >= 0.6 is 7.82 Å². The minimum Gasteiger partial charge on any atom is -0.385 e. The van der Waals surface area contributed by atoms with Crippen molar-refractivity contribution in [3.63, 3.8) is 0 Å². The second kappa shape index (κ2) is 29.7. The van der Waals surface area contributed by atoms with Gasteiger partial charge in [0.25, 0.3) is 0 Å². The molecule has 0 saturated carbocycles. The van der Waals surface area contributed by atoms with Crippen LogP contribution < -0.4 is 13.6 Å². The monoisotopic (exact) mass is 1260 g/mol. The molecule has 12 aromatic rings. The van der Waals surface area contributed by atoms with Gasteiger partial charge in [0.1, 0.15) is 17.2 Å². The summed E-state index contributed by atoms with van der Waals surface area (Å²) in [6.45, 7) is 20.2. The highest BCUT2D eigenvalue weighted by Crippen LogP contribution is 2.59. The van der Waals surface area contributed by atoms with Gasteiger partial charge in [0, 0.05) is 86.6 Å². The molecule has 12 aromatic carbocycles. The van der Waals surface area contributed by atoms with E-state index < -0.39 is 7.82 Å². The summed E-state index contributed by atoms with van der Waals surface area (Å²) in [5, 5.41) is 0. The van der Waals surface area contributed by atoms with Gasteiger partial charge in [0.05, 0.1) is 0 Å². The average Bonchev–Trinajstić information content (AvgIpc) is 0.767. The molecular weight excluding hydrogens is 1180 g/mol. The second-order valence-corrected chi connectivity index (χ2v) is 27.4. The van der Waals surface area contributed by atoms with E-state index in [-0.39, 0.29) is 53.3 Å². The molecule has 0 amide bonds. The molecule has 0 aliphatic rings. The molecule has 0 radical (unpaired) electrons. The maximum absolute atomic E-state index is 18.6. The molecule has 9 atom stereocenters. The third kappa shape index (κ3) is 14.7. The SMILES string of the molecule is CC(c1ccccc1)c1cc(C(C)c2ccccc2)c(OP(=O)(Oc2c(C(C)c3ccccc3)cc(C(C)c3ccccc3)cc2C(C)c2ccccc2)Oc2c(C(C)c3ccccc3)cc(C(C)c3ccccc3)cc2C(C)c2ccccc2)c(C(C)c2ccccc2)c1. The summed E-state index contributed by atoms with van der Waals surface area (Å²) < 4.78 is 42.5. The van der Waals surface area contributed by atoms with Gasteiger partial charge in [-0.15, -0.1) is 0 Å². The quantitative estimate of drug-likeness (QED) is 0.0566. The largest absolute Gasteiger partial charge is 0.647 e. The van der Waals surface area contributed by atoms with Crippen LogP contribution in [0.3, 0.4) is 0 Å². The van der Waals surface area contributed by atoms with Gasteiger partial charge < -0.3 is 13.6 Å². The van der Waals surface area contributed by atoms with Crippen LogP contribution in [0, 0.1) is 0 Å². The fraction of sp³-hybridized carbons (Fsp3) is 0.200. The summed E-state index contributed by atoms with van der Waals surface area (Å²) in [4.78, 5) is 0. The Balaban J connectivity index is 1.19. The molecule has 9 unspecified atom stereocenters. The van der Waals surface area contributed by atoms with Crippen LogP contribution in [-0.4, -0.2) is 0 Å². The van der Waals surface area contributed by atoms with Crippen LogP contribution in [0.5, 0.6) is 17.2 Å². The summed E-state index contributed by atoms with van der Waals surface area (Å²) in [7, 11) is -5.12. The predicted octanol–water partition coefficient (Wildman–Crippen LogP) is 24.7. The molecule has 0 aliphatic heterocycles. The highest BCUT2D eigenvalue weighted by Gasteiger charge is 2.42. The van der Waals surface area contributed by atoms with Crippen molar-refractivity contribution in [2.45, 2.75) is 116 Å². The van der Waals surface area contributed by atoms with E-state index in [1.165, 1.54) is 16.7 Å². The lowest BCUT2D eigenvalue weighted by molar-refractivity contribution is 0.290. The zero-order valence-corrected chi connectivity index (χ0v) is 57.1. The fourth-order valence-electron chi connectivity index (χ4n) is 13.8. The van der Waals surface area contributed by atoms with Crippen LogP contribution in [-0.2, 0) is 4.57 Å². The maximum atomic E-state index is 18.6. The fourth-order valence-corrected chi connectivity index (χ4v) is 15.2. The number of phosphoric acid groups is 1. The number of hydrogen-bond acceptors (Lipinski definition) is 4. The molecule has 12 rings (SSSR count). The summed E-state index contributed by atoms with van der Waals surface area (Å²) in [5.41, 5.74) is 18.6. The minimum atomic E-state index is -5.12. The minimum absolute atomic E-state index is 0.0188.